The number of carbonyl (C=O) groups is 2. The van der Waals surface area contributed by atoms with Crippen LogP contribution < -0.4 is 0 Å². The van der Waals surface area contributed by atoms with Crippen molar-refractivity contribution in [3.05, 3.63) is 72.5 Å². The van der Waals surface area contributed by atoms with E-state index in [1.54, 1.807) is 30.3 Å². The molecule has 1 atom stereocenters. The van der Waals surface area contributed by atoms with E-state index in [-0.39, 0.29) is 5.78 Å². The third kappa shape index (κ3) is 4.55. The van der Waals surface area contributed by atoms with Crippen molar-refractivity contribution in [1.29, 1.82) is 0 Å². The van der Waals surface area contributed by atoms with E-state index in [2.05, 4.69) is 12.7 Å². The van der Waals surface area contributed by atoms with Crippen molar-refractivity contribution >= 4 is 11.8 Å². The monoisotopic (exact) mass is 296 g/mol. The minimum Gasteiger partial charge on any atom is -0.430 e. The third-order valence-corrected chi connectivity index (χ3v) is 3.71. The first-order chi connectivity index (χ1) is 10.7. The first-order valence-electron chi connectivity index (χ1n) is 7.46. The van der Waals surface area contributed by atoms with Crippen molar-refractivity contribution in [2.24, 2.45) is 5.92 Å². The third-order valence-electron chi connectivity index (χ3n) is 3.71. The molecule has 0 aromatic heterocycles. The van der Waals surface area contributed by atoms with Gasteiger partial charge in [-0.3, -0.25) is 4.79 Å². The van der Waals surface area contributed by atoms with Gasteiger partial charge in [0, 0.05) is 12.0 Å². The van der Waals surface area contributed by atoms with E-state index in [4.69, 9.17) is 4.74 Å². The molecular weight excluding hydrogens is 276 g/mol. The van der Waals surface area contributed by atoms with Crippen molar-refractivity contribution in [2.45, 2.75) is 25.7 Å². The number of carbonyl (C=O) groups excluding carboxylic acids is 2. The van der Waals surface area contributed by atoms with Gasteiger partial charge in [0.1, 0.15) is 6.26 Å². The number of hydrogen-bond acceptors (Lipinski definition) is 3. The van der Waals surface area contributed by atoms with Gasteiger partial charge in [-0.25, -0.2) is 4.79 Å². The van der Waals surface area contributed by atoms with Gasteiger partial charge in [0.05, 0.1) is 5.56 Å². The number of allylic oxidation sites excluding steroid dienone is 4. The molecule has 0 heterocycles. The second-order valence-electron chi connectivity index (χ2n) is 5.35. The van der Waals surface area contributed by atoms with Gasteiger partial charge < -0.3 is 4.74 Å². The molecule has 1 aliphatic carbocycles. The van der Waals surface area contributed by atoms with Crippen LogP contribution in [0.25, 0.3) is 0 Å². The number of rotatable bonds is 5. The summed E-state index contributed by atoms with van der Waals surface area (Å²) >= 11 is 0. The van der Waals surface area contributed by atoms with Gasteiger partial charge in [0.15, 0.2) is 5.78 Å². The highest BCUT2D eigenvalue weighted by molar-refractivity contribution is 5.96. The Kier molecular flexibility index (Phi) is 5.90. The summed E-state index contributed by atoms with van der Waals surface area (Å²) in [7, 11) is 0. The van der Waals surface area contributed by atoms with Crippen LogP contribution in [0.15, 0.2) is 67.0 Å². The number of ether oxygens (including phenoxy) is 1. The summed E-state index contributed by atoms with van der Waals surface area (Å²) in [4.78, 5) is 23.8. The minimum atomic E-state index is -0.436. The van der Waals surface area contributed by atoms with Crippen LogP contribution in [0.4, 0.5) is 0 Å². The molecule has 0 bridgehead atoms. The topological polar surface area (TPSA) is 43.4 Å². The first kappa shape index (κ1) is 16.0. The number of Topliss-reactive ketones (excluding diaryl/α,β-unsaturated/α-hetero) is 1. The highest BCUT2D eigenvalue weighted by Gasteiger charge is 2.23. The molecule has 0 spiro atoms. The molecule has 0 aliphatic heterocycles. The van der Waals surface area contributed by atoms with Gasteiger partial charge in [0.25, 0.3) is 0 Å². The van der Waals surface area contributed by atoms with Crippen molar-refractivity contribution < 1.29 is 14.3 Å². The molecule has 1 fully saturated rings. The maximum atomic E-state index is 11.9. The van der Waals surface area contributed by atoms with Crippen molar-refractivity contribution in [3.8, 4) is 0 Å². The zero-order valence-electron chi connectivity index (χ0n) is 12.5. The number of esters is 1. The largest absolute Gasteiger partial charge is 0.430 e. The van der Waals surface area contributed by atoms with Crippen molar-refractivity contribution in [2.75, 3.05) is 0 Å². The zero-order chi connectivity index (χ0) is 15.8. The summed E-state index contributed by atoms with van der Waals surface area (Å²) in [5.41, 5.74) is 1.08. The van der Waals surface area contributed by atoms with Crippen LogP contribution in [0, 0.1) is 5.92 Å². The minimum absolute atomic E-state index is 0.0739. The van der Waals surface area contributed by atoms with E-state index in [1.165, 1.54) is 6.26 Å². The highest BCUT2D eigenvalue weighted by Crippen LogP contribution is 2.28. The van der Waals surface area contributed by atoms with Crippen molar-refractivity contribution in [3.63, 3.8) is 0 Å². The van der Waals surface area contributed by atoms with Gasteiger partial charge in [-0.15, -0.1) is 0 Å². The summed E-state index contributed by atoms with van der Waals surface area (Å²) < 4.78 is 5.16. The average Bonchev–Trinajstić information content (AvgIpc) is 2.56. The number of ketones is 1. The summed E-state index contributed by atoms with van der Waals surface area (Å²) in [5.74, 6) is 0.0509. The predicted octanol–water partition coefficient (Wildman–Crippen LogP) is 4.23. The Morgan fingerprint density at radius 3 is 2.82 bits per heavy atom. The van der Waals surface area contributed by atoms with Crippen LogP contribution in [0.3, 0.4) is 0 Å². The molecule has 1 aliphatic rings. The molecule has 1 aromatic rings. The zero-order valence-corrected chi connectivity index (χ0v) is 12.5. The summed E-state index contributed by atoms with van der Waals surface area (Å²) in [6.07, 6.45) is 10.0. The number of benzene rings is 1. The smallest absolute Gasteiger partial charge is 0.342 e. The normalized spacial score (nSPS) is 20.3. The fraction of sp³-hybridized carbons (Fsp3) is 0.263. The number of hydrogen-bond donors (Lipinski definition) is 0. The Balaban J connectivity index is 1.96. The maximum absolute atomic E-state index is 11.9. The van der Waals surface area contributed by atoms with Crippen LogP contribution >= 0.6 is 0 Å². The van der Waals surface area contributed by atoms with Gasteiger partial charge in [0.2, 0.25) is 0 Å². The molecule has 2 rings (SSSR count). The quantitative estimate of drug-likeness (QED) is 0.353. The molecule has 1 saturated carbocycles. The lowest BCUT2D eigenvalue weighted by atomic mass is 9.83. The van der Waals surface area contributed by atoms with Gasteiger partial charge in [-0.1, -0.05) is 43.0 Å². The van der Waals surface area contributed by atoms with E-state index in [0.717, 1.165) is 12.8 Å². The highest BCUT2D eigenvalue weighted by atomic mass is 16.5. The van der Waals surface area contributed by atoms with E-state index < -0.39 is 5.97 Å². The summed E-state index contributed by atoms with van der Waals surface area (Å²) in [6.45, 7) is 3.64. The van der Waals surface area contributed by atoms with Crippen LogP contribution in [-0.4, -0.2) is 11.8 Å². The lowest BCUT2D eigenvalue weighted by Gasteiger charge is -2.21. The fourth-order valence-electron chi connectivity index (χ4n) is 2.47. The molecule has 3 heteroatoms. The molecule has 22 heavy (non-hydrogen) atoms. The maximum Gasteiger partial charge on any atom is 0.342 e. The lowest BCUT2D eigenvalue weighted by Crippen LogP contribution is -2.17. The van der Waals surface area contributed by atoms with Crippen LogP contribution in [0.1, 0.15) is 36.0 Å². The van der Waals surface area contributed by atoms with Crippen LogP contribution in [0.5, 0.6) is 0 Å². The van der Waals surface area contributed by atoms with Gasteiger partial charge in [-0.2, -0.15) is 0 Å². The van der Waals surface area contributed by atoms with Crippen LogP contribution in [0.2, 0.25) is 0 Å². The molecule has 0 amide bonds. The van der Waals surface area contributed by atoms with E-state index in [1.807, 2.05) is 12.1 Å². The summed E-state index contributed by atoms with van der Waals surface area (Å²) in [5, 5.41) is 0. The Morgan fingerprint density at radius 2 is 2.09 bits per heavy atom. The van der Waals surface area contributed by atoms with Gasteiger partial charge in [-0.05, 0) is 37.3 Å². The molecule has 0 N–H and O–H groups in total. The SMILES string of the molecule is C=C/C=C/CC1CCC(=O)/C(=C/OC(=O)c2ccccc2)C1. The average molecular weight is 296 g/mol. The van der Waals surface area contributed by atoms with Crippen LogP contribution in [-0.2, 0) is 9.53 Å². The Bertz CT molecular complexity index is 596. The van der Waals surface area contributed by atoms with Gasteiger partial charge >= 0.3 is 5.97 Å². The van der Waals surface area contributed by atoms with E-state index >= 15 is 0 Å². The predicted molar refractivity (Wildman–Crippen MR) is 86.2 cm³/mol. The lowest BCUT2D eigenvalue weighted by molar-refractivity contribution is -0.117. The van der Waals surface area contributed by atoms with E-state index in [0.29, 0.717) is 29.9 Å². The molecule has 0 radical (unpaired) electrons. The molecule has 1 unspecified atom stereocenters. The molecular formula is C19H20O3. The van der Waals surface area contributed by atoms with Crippen molar-refractivity contribution in [1.82, 2.24) is 0 Å². The Labute approximate surface area is 131 Å². The summed E-state index contributed by atoms with van der Waals surface area (Å²) in [6, 6.07) is 8.76. The molecule has 3 nitrogen and oxygen atoms in total. The Hall–Kier alpha value is -2.42. The van der Waals surface area contributed by atoms with E-state index in [9.17, 15) is 9.59 Å². The molecule has 0 saturated heterocycles. The molecule has 114 valence electrons. The standard InChI is InChI=1S/C19H20O3/c1-2-3-5-8-15-11-12-18(20)17(13-15)14-22-19(21)16-9-6-4-7-10-16/h2-7,9-10,14-15H,1,8,11-13H2/b5-3+,17-14+. The second-order valence-corrected chi connectivity index (χ2v) is 5.35. The fourth-order valence-corrected chi connectivity index (χ4v) is 2.47. The first-order valence-corrected chi connectivity index (χ1v) is 7.46. The molecule has 1 aromatic carbocycles. The second kappa shape index (κ2) is 8.13. The Morgan fingerprint density at radius 1 is 1.32 bits per heavy atom.